The first-order valence-corrected chi connectivity index (χ1v) is 9.15. The molecule has 146 valence electrons. The Labute approximate surface area is 163 Å². The van der Waals surface area contributed by atoms with E-state index in [-0.39, 0.29) is 30.7 Å². The quantitative estimate of drug-likeness (QED) is 0.618. The zero-order chi connectivity index (χ0) is 20.1. The van der Waals surface area contributed by atoms with Crippen LogP contribution in [0.3, 0.4) is 0 Å². The molecule has 1 unspecified atom stereocenters. The molecule has 6 heteroatoms. The molecule has 28 heavy (non-hydrogen) atoms. The van der Waals surface area contributed by atoms with Gasteiger partial charge in [0.05, 0.1) is 13.0 Å². The number of methoxy groups -OCH3 is 1. The van der Waals surface area contributed by atoms with Crippen LogP contribution in [0.4, 0.5) is 0 Å². The lowest BCUT2D eigenvalue weighted by Gasteiger charge is -2.16. The number of amides is 1. The van der Waals surface area contributed by atoms with Gasteiger partial charge in [-0.3, -0.25) is 9.59 Å². The van der Waals surface area contributed by atoms with E-state index >= 15 is 0 Å². The van der Waals surface area contributed by atoms with Crippen molar-refractivity contribution in [1.29, 1.82) is 0 Å². The maximum Gasteiger partial charge on any atom is 0.310 e. The summed E-state index contributed by atoms with van der Waals surface area (Å²) in [4.78, 5) is 24.6. The molecule has 1 aromatic heterocycles. The third-order valence-electron chi connectivity index (χ3n) is 4.80. The average Bonchev–Trinajstić information content (AvgIpc) is 3.01. The molecule has 0 bridgehead atoms. The van der Waals surface area contributed by atoms with Crippen molar-refractivity contribution in [2.75, 3.05) is 13.7 Å². The van der Waals surface area contributed by atoms with Gasteiger partial charge in [-0.15, -0.1) is 0 Å². The fourth-order valence-electron chi connectivity index (χ4n) is 3.33. The van der Waals surface area contributed by atoms with Crippen LogP contribution in [0, 0.1) is 12.8 Å². The van der Waals surface area contributed by atoms with E-state index in [9.17, 15) is 14.7 Å². The number of aryl methyl sites for hydroxylation is 1. The summed E-state index contributed by atoms with van der Waals surface area (Å²) in [5, 5.41) is 13.4. The molecule has 0 fully saturated rings. The van der Waals surface area contributed by atoms with Gasteiger partial charge >= 0.3 is 5.97 Å². The topological polar surface area (TPSA) is 80.6 Å². The lowest BCUT2D eigenvalue weighted by atomic mass is 9.99. The number of nitrogens with one attached hydrogen (secondary N) is 1. The van der Waals surface area contributed by atoms with E-state index in [1.165, 1.54) is 7.11 Å². The number of phenolic OH excluding ortho intramolecular Hbond substituents is 1. The summed E-state index contributed by atoms with van der Waals surface area (Å²) in [6.07, 6.45) is 2.37. The van der Waals surface area contributed by atoms with E-state index in [2.05, 4.69) is 5.32 Å². The molecule has 0 aliphatic rings. The predicted molar refractivity (Wildman–Crippen MR) is 107 cm³/mol. The van der Waals surface area contributed by atoms with Gasteiger partial charge < -0.3 is 19.7 Å². The number of phenols is 1. The van der Waals surface area contributed by atoms with Crippen LogP contribution in [0.1, 0.15) is 11.1 Å². The molecule has 0 spiro atoms. The van der Waals surface area contributed by atoms with Crippen LogP contribution < -0.4 is 5.32 Å². The number of carbonyl (C=O) groups excluding carboxylic acids is 2. The highest BCUT2D eigenvalue weighted by molar-refractivity contribution is 5.86. The minimum atomic E-state index is -0.498. The zero-order valence-electron chi connectivity index (χ0n) is 16.0. The second kappa shape index (κ2) is 8.61. The number of esters is 1. The van der Waals surface area contributed by atoms with Crippen molar-refractivity contribution >= 4 is 22.8 Å². The molecule has 2 N–H and O–H groups in total. The summed E-state index contributed by atoms with van der Waals surface area (Å²) in [5.74, 6) is -0.876. The molecule has 0 aliphatic carbocycles. The number of aromatic hydroxyl groups is 1. The van der Waals surface area contributed by atoms with Crippen LogP contribution in [-0.2, 0) is 27.3 Å². The first kappa shape index (κ1) is 19.5. The SMILES string of the molecule is COC(=O)C(CNC(=O)Cn1cc(C)c2ccccc21)Cc1ccc(O)cc1. The summed E-state index contributed by atoms with van der Waals surface area (Å²) in [6.45, 7) is 2.38. The summed E-state index contributed by atoms with van der Waals surface area (Å²) in [5.41, 5.74) is 3.00. The van der Waals surface area contributed by atoms with Gasteiger partial charge in [0.25, 0.3) is 0 Å². The third-order valence-corrected chi connectivity index (χ3v) is 4.80. The molecule has 3 rings (SSSR count). The van der Waals surface area contributed by atoms with Crippen LogP contribution in [0.5, 0.6) is 5.75 Å². The Kier molecular flexibility index (Phi) is 5.99. The fourth-order valence-corrected chi connectivity index (χ4v) is 3.33. The van der Waals surface area contributed by atoms with E-state index in [1.807, 2.05) is 42.0 Å². The first-order chi connectivity index (χ1) is 13.5. The van der Waals surface area contributed by atoms with Gasteiger partial charge in [0.15, 0.2) is 0 Å². The third kappa shape index (κ3) is 4.52. The monoisotopic (exact) mass is 380 g/mol. The summed E-state index contributed by atoms with van der Waals surface area (Å²) in [7, 11) is 1.34. The standard InChI is InChI=1S/C22H24N2O4/c1-15-13-24(20-6-4-3-5-19(15)20)14-21(26)23-12-17(22(27)28-2)11-16-7-9-18(25)10-8-16/h3-10,13,17,25H,11-12,14H2,1-2H3,(H,23,26). The molecule has 1 amide bonds. The number of para-hydroxylation sites is 1. The van der Waals surface area contributed by atoms with Gasteiger partial charge in [-0.2, -0.15) is 0 Å². The molecule has 3 aromatic rings. The maximum absolute atomic E-state index is 12.5. The van der Waals surface area contributed by atoms with Crippen molar-refractivity contribution in [3.8, 4) is 5.75 Å². The Morgan fingerprint density at radius 1 is 1.14 bits per heavy atom. The highest BCUT2D eigenvalue weighted by atomic mass is 16.5. The van der Waals surface area contributed by atoms with Gasteiger partial charge in [-0.1, -0.05) is 30.3 Å². The molecule has 2 aromatic carbocycles. The molecule has 1 atom stereocenters. The number of ether oxygens (including phenoxy) is 1. The molecule has 6 nitrogen and oxygen atoms in total. The van der Waals surface area contributed by atoms with E-state index in [1.54, 1.807) is 24.3 Å². The van der Waals surface area contributed by atoms with Crippen molar-refractivity contribution in [3.05, 3.63) is 65.9 Å². The van der Waals surface area contributed by atoms with E-state index in [4.69, 9.17) is 4.74 Å². The van der Waals surface area contributed by atoms with Crippen molar-refractivity contribution in [2.24, 2.45) is 5.92 Å². The number of nitrogens with zero attached hydrogens (tertiary/aromatic N) is 1. The van der Waals surface area contributed by atoms with Gasteiger partial charge in [-0.05, 0) is 42.7 Å². The van der Waals surface area contributed by atoms with Gasteiger partial charge in [0.2, 0.25) is 5.91 Å². The molecule has 0 saturated carbocycles. The van der Waals surface area contributed by atoms with Crippen molar-refractivity contribution in [1.82, 2.24) is 9.88 Å². The van der Waals surface area contributed by atoms with Crippen LogP contribution in [0.15, 0.2) is 54.7 Å². The second-order valence-corrected chi connectivity index (χ2v) is 6.85. The van der Waals surface area contributed by atoms with Crippen molar-refractivity contribution < 1.29 is 19.4 Å². The number of rotatable bonds is 7. The van der Waals surface area contributed by atoms with E-state index < -0.39 is 5.92 Å². The maximum atomic E-state index is 12.5. The molecular formula is C22H24N2O4. The number of hydrogen-bond donors (Lipinski definition) is 2. The van der Waals surface area contributed by atoms with Crippen LogP contribution in [-0.4, -0.2) is 35.2 Å². The van der Waals surface area contributed by atoms with Crippen molar-refractivity contribution in [3.63, 3.8) is 0 Å². The van der Waals surface area contributed by atoms with Crippen molar-refractivity contribution in [2.45, 2.75) is 19.9 Å². The van der Waals surface area contributed by atoms with E-state index in [0.717, 1.165) is 22.0 Å². The lowest BCUT2D eigenvalue weighted by molar-refractivity contribution is -0.145. The number of carbonyl (C=O) groups is 2. The fraction of sp³-hybridized carbons (Fsp3) is 0.273. The minimum Gasteiger partial charge on any atom is -0.508 e. The Morgan fingerprint density at radius 3 is 2.57 bits per heavy atom. The molecule has 0 saturated heterocycles. The zero-order valence-corrected chi connectivity index (χ0v) is 16.0. The Hall–Kier alpha value is -3.28. The minimum absolute atomic E-state index is 0.166. The summed E-state index contributed by atoms with van der Waals surface area (Å²) < 4.78 is 6.78. The second-order valence-electron chi connectivity index (χ2n) is 6.85. The number of fused-ring (bicyclic) bond motifs is 1. The molecule has 0 aliphatic heterocycles. The number of hydrogen-bond acceptors (Lipinski definition) is 4. The normalized spacial score (nSPS) is 11.9. The van der Waals surface area contributed by atoms with E-state index in [0.29, 0.717) is 6.42 Å². The number of aromatic nitrogens is 1. The predicted octanol–water partition coefficient (Wildman–Crippen LogP) is 2.80. The Morgan fingerprint density at radius 2 is 1.86 bits per heavy atom. The van der Waals surface area contributed by atoms with Gasteiger partial charge in [0.1, 0.15) is 12.3 Å². The Balaban J connectivity index is 1.64. The van der Waals surface area contributed by atoms with Crippen LogP contribution >= 0.6 is 0 Å². The van der Waals surface area contributed by atoms with Crippen LogP contribution in [0.25, 0.3) is 10.9 Å². The summed E-state index contributed by atoms with van der Waals surface area (Å²) in [6, 6.07) is 14.6. The largest absolute Gasteiger partial charge is 0.508 e. The summed E-state index contributed by atoms with van der Waals surface area (Å²) >= 11 is 0. The Bertz CT molecular complexity index is 976. The highest BCUT2D eigenvalue weighted by Crippen LogP contribution is 2.20. The number of benzene rings is 2. The first-order valence-electron chi connectivity index (χ1n) is 9.15. The average molecular weight is 380 g/mol. The lowest BCUT2D eigenvalue weighted by Crippen LogP contribution is -2.36. The van der Waals surface area contributed by atoms with Gasteiger partial charge in [0, 0.05) is 23.6 Å². The molecular weight excluding hydrogens is 356 g/mol. The van der Waals surface area contributed by atoms with Crippen LogP contribution in [0.2, 0.25) is 0 Å². The smallest absolute Gasteiger partial charge is 0.310 e. The molecule has 1 heterocycles. The van der Waals surface area contributed by atoms with Gasteiger partial charge in [-0.25, -0.2) is 0 Å². The molecule has 0 radical (unpaired) electrons. The highest BCUT2D eigenvalue weighted by Gasteiger charge is 2.21.